The van der Waals surface area contributed by atoms with Crippen LogP contribution in [0.5, 0.6) is 0 Å². The Bertz CT molecular complexity index is 880. The van der Waals surface area contributed by atoms with Crippen molar-refractivity contribution in [2.75, 3.05) is 19.8 Å². The normalized spacial score (nSPS) is 22.4. The van der Waals surface area contributed by atoms with Crippen molar-refractivity contribution in [2.24, 2.45) is 0 Å². The van der Waals surface area contributed by atoms with Gasteiger partial charge in [-0.25, -0.2) is 9.18 Å². The molecule has 2 aromatic rings. The molecule has 1 saturated carbocycles. The van der Waals surface area contributed by atoms with E-state index < -0.39 is 11.4 Å². The van der Waals surface area contributed by atoms with Crippen LogP contribution in [0.15, 0.2) is 48.5 Å². The van der Waals surface area contributed by atoms with E-state index in [4.69, 9.17) is 14.2 Å². The van der Waals surface area contributed by atoms with Gasteiger partial charge in [0.1, 0.15) is 11.4 Å². The van der Waals surface area contributed by atoms with Gasteiger partial charge in [0.05, 0.1) is 19.8 Å². The molecule has 3 fully saturated rings. The predicted molar refractivity (Wildman–Crippen MR) is 105 cm³/mol. The molecular formula is C23H24FNO4. The summed E-state index contributed by atoms with van der Waals surface area (Å²) in [5, 5.41) is 0. The van der Waals surface area contributed by atoms with Crippen molar-refractivity contribution in [1.29, 1.82) is 0 Å². The largest absolute Gasteiger partial charge is 0.441 e. The molecule has 0 radical (unpaired) electrons. The molecule has 2 saturated heterocycles. The zero-order valence-electron chi connectivity index (χ0n) is 16.2. The van der Waals surface area contributed by atoms with Crippen molar-refractivity contribution in [3.05, 3.63) is 59.9 Å². The molecule has 2 spiro atoms. The third-order valence-corrected chi connectivity index (χ3v) is 6.28. The second-order valence-corrected chi connectivity index (χ2v) is 8.22. The first-order valence-electron chi connectivity index (χ1n) is 10.2. The number of ether oxygens (including phenoxy) is 3. The van der Waals surface area contributed by atoms with Gasteiger partial charge in [0.2, 0.25) is 0 Å². The van der Waals surface area contributed by atoms with Gasteiger partial charge in [-0.2, -0.15) is 0 Å². The fraction of sp³-hybridized carbons (Fsp3) is 0.435. The molecule has 1 amide bonds. The summed E-state index contributed by atoms with van der Waals surface area (Å²) in [6.45, 7) is 2.41. The van der Waals surface area contributed by atoms with Crippen molar-refractivity contribution in [2.45, 2.75) is 43.6 Å². The van der Waals surface area contributed by atoms with E-state index in [0.29, 0.717) is 26.3 Å². The summed E-state index contributed by atoms with van der Waals surface area (Å²) in [5.41, 5.74) is 2.60. The number of hydrogen-bond acceptors (Lipinski definition) is 4. The molecule has 29 heavy (non-hydrogen) atoms. The molecule has 2 aliphatic heterocycles. The van der Waals surface area contributed by atoms with Gasteiger partial charge in [0.25, 0.3) is 0 Å². The van der Waals surface area contributed by atoms with Crippen molar-refractivity contribution >= 4 is 6.09 Å². The summed E-state index contributed by atoms with van der Waals surface area (Å²) in [6, 6.07) is 14.5. The second-order valence-electron chi connectivity index (χ2n) is 8.22. The molecule has 2 aromatic carbocycles. The third kappa shape index (κ3) is 3.63. The van der Waals surface area contributed by atoms with Crippen LogP contribution >= 0.6 is 0 Å². The SMILES string of the molecule is O=C1OC2(CCC3(CC2)OCCO3)CN1Cc1ccc(-c2ccc(F)cc2)cc1. The first-order valence-corrected chi connectivity index (χ1v) is 10.2. The number of carbonyl (C=O) groups is 1. The van der Waals surface area contributed by atoms with Crippen molar-refractivity contribution < 1.29 is 23.4 Å². The standard InChI is InChI=1S/C23H24FNO4/c24-20-7-5-19(6-8-20)18-3-1-17(2-4-18)15-25-16-22(29-21(25)26)9-11-23(12-10-22)27-13-14-28-23/h1-8H,9-16H2. The summed E-state index contributed by atoms with van der Waals surface area (Å²) >= 11 is 0. The molecule has 152 valence electrons. The lowest BCUT2D eigenvalue weighted by Gasteiger charge is -2.39. The fourth-order valence-electron chi connectivity index (χ4n) is 4.61. The molecule has 2 heterocycles. The molecule has 0 unspecified atom stereocenters. The highest BCUT2D eigenvalue weighted by molar-refractivity contribution is 5.71. The molecule has 5 nitrogen and oxygen atoms in total. The molecule has 5 rings (SSSR count). The minimum absolute atomic E-state index is 0.244. The molecule has 0 atom stereocenters. The van der Waals surface area contributed by atoms with E-state index in [-0.39, 0.29) is 11.9 Å². The molecule has 3 aliphatic rings. The summed E-state index contributed by atoms with van der Waals surface area (Å²) in [4.78, 5) is 14.3. The van der Waals surface area contributed by atoms with Crippen LogP contribution in [0.1, 0.15) is 31.2 Å². The maximum Gasteiger partial charge on any atom is 0.410 e. The summed E-state index contributed by atoms with van der Waals surface area (Å²) in [5.74, 6) is -0.701. The monoisotopic (exact) mass is 397 g/mol. The molecule has 6 heteroatoms. The zero-order valence-corrected chi connectivity index (χ0v) is 16.2. The average molecular weight is 397 g/mol. The van der Waals surface area contributed by atoms with Gasteiger partial charge in [-0.15, -0.1) is 0 Å². The molecular weight excluding hydrogens is 373 g/mol. The van der Waals surface area contributed by atoms with Gasteiger partial charge in [-0.1, -0.05) is 36.4 Å². The van der Waals surface area contributed by atoms with Gasteiger partial charge in [0, 0.05) is 19.4 Å². The van der Waals surface area contributed by atoms with Crippen LogP contribution in [-0.2, 0) is 20.8 Å². The molecule has 0 N–H and O–H groups in total. The number of halogens is 1. The third-order valence-electron chi connectivity index (χ3n) is 6.28. The van der Waals surface area contributed by atoms with E-state index in [0.717, 1.165) is 42.4 Å². The number of rotatable bonds is 3. The lowest BCUT2D eigenvalue weighted by atomic mass is 9.81. The lowest BCUT2D eigenvalue weighted by Crippen LogP contribution is -2.45. The number of hydrogen-bond donors (Lipinski definition) is 0. The summed E-state index contributed by atoms with van der Waals surface area (Å²) < 4.78 is 30.5. The fourth-order valence-corrected chi connectivity index (χ4v) is 4.61. The molecule has 1 aliphatic carbocycles. The molecule has 0 bridgehead atoms. The zero-order chi connectivity index (χ0) is 19.9. The highest BCUT2D eigenvalue weighted by Crippen LogP contribution is 2.44. The molecule has 0 aromatic heterocycles. The van der Waals surface area contributed by atoms with Crippen molar-refractivity contribution in [3.63, 3.8) is 0 Å². The number of amides is 1. The van der Waals surface area contributed by atoms with E-state index in [2.05, 4.69) is 0 Å². The van der Waals surface area contributed by atoms with E-state index in [1.807, 2.05) is 24.3 Å². The van der Waals surface area contributed by atoms with Crippen LogP contribution in [-0.4, -0.2) is 42.1 Å². The highest BCUT2D eigenvalue weighted by atomic mass is 19.1. The van der Waals surface area contributed by atoms with Crippen LogP contribution in [0.3, 0.4) is 0 Å². The Morgan fingerprint density at radius 2 is 1.45 bits per heavy atom. The van der Waals surface area contributed by atoms with E-state index in [1.54, 1.807) is 17.0 Å². The predicted octanol–water partition coefficient (Wildman–Crippen LogP) is 4.50. The van der Waals surface area contributed by atoms with Crippen LogP contribution in [0.25, 0.3) is 11.1 Å². The smallest absolute Gasteiger partial charge is 0.410 e. The minimum atomic E-state index is -0.457. The summed E-state index contributed by atoms with van der Waals surface area (Å²) in [6.07, 6.45) is 2.80. The second kappa shape index (κ2) is 7.11. The van der Waals surface area contributed by atoms with Crippen molar-refractivity contribution in [3.8, 4) is 11.1 Å². The van der Waals surface area contributed by atoms with Gasteiger partial charge in [-0.05, 0) is 41.7 Å². The van der Waals surface area contributed by atoms with Crippen molar-refractivity contribution in [1.82, 2.24) is 4.90 Å². The first kappa shape index (κ1) is 18.6. The van der Waals surface area contributed by atoms with E-state index >= 15 is 0 Å². The van der Waals surface area contributed by atoms with E-state index in [9.17, 15) is 9.18 Å². The first-order chi connectivity index (χ1) is 14.0. The van der Waals surface area contributed by atoms with E-state index in [1.165, 1.54) is 12.1 Å². The number of carbonyl (C=O) groups excluding carboxylic acids is 1. The Balaban J connectivity index is 1.23. The van der Waals surface area contributed by atoms with Crippen LogP contribution in [0.4, 0.5) is 9.18 Å². The highest BCUT2D eigenvalue weighted by Gasteiger charge is 2.52. The number of nitrogens with zero attached hydrogens (tertiary/aromatic N) is 1. The average Bonchev–Trinajstić information content (AvgIpc) is 3.31. The Morgan fingerprint density at radius 3 is 2.07 bits per heavy atom. The van der Waals surface area contributed by atoms with Crippen LogP contribution in [0.2, 0.25) is 0 Å². The minimum Gasteiger partial charge on any atom is -0.441 e. The van der Waals surface area contributed by atoms with Gasteiger partial charge in [0.15, 0.2) is 5.79 Å². The lowest BCUT2D eigenvalue weighted by molar-refractivity contribution is -0.197. The maximum absolute atomic E-state index is 13.1. The van der Waals surface area contributed by atoms with Gasteiger partial charge < -0.3 is 14.2 Å². The van der Waals surface area contributed by atoms with Crippen LogP contribution < -0.4 is 0 Å². The maximum atomic E-state index is 13.1. The van der Waals surface area contributed by atoms with Gasteiger partial charge >= 0.3 is 6.09 Å². The quantitative estimate of drug-likeness (QED) is 0.765. The van der Waals surface area contributed by atoms with Gasteiger partial charge in [-0.3, -0.25) is 4.90 Å². The Morgan fingerprint density at radius 1 is 0.862 bits per heavy atom. The Labute approximate surface area is 169 Å². The number of benzene rings is 2. The topological polar surface area (TPSA) is 48.0 Å². The summed E-state index contributed by atoms with van der Waals surface area (Å²) in [7, 11) is 0. The van der Waals surface area contributed by atoms with Crippen LogP contribution in [0, 0.1) is 5.82 Å². The Kier molecular flexibility index (Phi) is 4.56. The Hall–Kier alpha value is -2.44.